The van der Waals surface area contributed by atoms with E-state index in [4.69, 9.17) is 0 Å². The summed E-state index contributed by atoms with van der Waals surface area (Å²) in [6, 6.07) is 9.70. The number of hydrogen-bond acceptors (Lipinski definition) is 1. The Hall–Kier alpha value is -0.820. The van der Waals surface area contributed by atoms with Crippen molar-refractivity contribution >= 4 is 0 Å². The quantitative estimate of drug-likeness (QED) is 0.814. The first-order chi connectivity index (χ1) is 7.84. The number of rotatable bonds is 4. The number of hydrogen-bond donors (Lipinski definition) is 1. The van der Waals surface area contributed by atoms with Crippen LogP contribution in [0, 0.1) is 6.92 Å². The van der Waals surface area contributed by atoms with Crippen LogP contribution in [0.25, 0.3) is 0 Å². The maximum atomic E-state index is 3.68. The highest BCUT2D eigenvalue weighted by atomic mass is 14.9. The largest absolute Gasteiger partial charge is 0.314 e. The van der Waals surface area contributed by atoms with Gasteiger partial charge in [-0.3, -0.25) is 0 Å². The van der Waals surface area contributed by atoms with Gasteiger partial charge in [0, 0.05) is 6.04 Å². The summed E-state index contributed by atoms with van der Waals surface area (Å²) in [7, 11) is 0. The van der Waals surface area contributed by atoms with Gasteiger partial charge >= 0.3 is 0 Å². The van der Waals surface area contributed by atoms with Crippen LogP contribution in [0.2, 0.25) is 0 Å². The smallest absolute Gasteiger partial charge is 0.00671 e. The van der Waals surface area contributed by atoms with Gasteiger partial charge in [-0.25, -0.2) is 0 Å². The second-order valence-electron chi connectivity index (χ2n) is 5.02. The van der Waals surface area contributed by atoms with Crippen molar-refractivity contribution in [1.29, 1.82) is 0 Å². The van der Waals surface area contributed by atoms with Gasteiger partial charge in [0.05, 0.1) is 0 Å². The fourth-order valence-corrected chi connectivity index (χ4v) is 2.48. The molecule has 0 bridgehead atoms. The summed E-state index contributed by atoms with van der Waals surface area (Å²) >= 11 is 0. The van der Waals surface area contributed by atoms with Crippen LogP contribution in [0.15, 0.2) is 24.3 Å². The highest BCUT2D eigenvalue weighted by Gasteiger charge is 2.11. The third kappa shape index (κ3) is 3.64. The zero-order valence-electron chi connectivity index (χ0n) is 10.3. The van der Waals surface area contributed by atoms with Crippen molar-refractivity contribution in [3.8, 4) is 0 Å². The van der Waals surface area contributed by atoms with Crippen molar-refractivity contribution in [2.75, 3.05) is 6.54 Å². The summed E-state index contributed by atoms with van der Waals surface area (Å²) in [5.74, 6) is 0. The molecule has 0 aromatic heterocycles. The van der Waals surface area contributed by atoms with Gasteiger partial charge in [-0.2, -0.15) is 0 Å². The van der Waals surface area contributed by atoms with Gasteiger partial charge in [0.1, 0.15) is 0 Å². The van der Waals surface area contributed by atoms with Crippen molar-refractivity contribution in [2.45, 2.75) is 51.5 Å². The first kappa shape index (κ1) is 11.7. The van der Waals surface area contributed by atoms with E-state index in [0.29, 0.717) is 0 Å². The lowest BCUT2D eigenvalue weighted by Crippen LogP contribution is -2.32. The second kappa shape index (κ2) is 6.05. The fraction of sp³-hybridized carbons (Fsp3) is 0.600. The predicted molar refractivity (Wildman–Crippen MR) is 69.8 cm³/mol. The van der Waals surface area contributed by atoms with Crippen molar-refractivity contribution < 1.29 is 0 Å². The van der Waals surface area contributed by atoms with Crippen molar-refractivity contribution in [3.63, 3.8) is 0 Å². The van der Waals surface area contributed by atoms with Crippen molar-refractivity contribution in [2.24, 2.45) is 0 Å². The van der Waals surface area contributed by atoms with E-state index >= 15 is 0 Å². The molecule has 0 saturated heterocycles. The van der Waals surface area contributed by atoms with E-state index in [9.17, 15) is 0 Å². The average molecular weight is 217 g/mol. The van der Waals surface area contributed by atoms with Crippen LogP contribution < -0.4 is 5.32 Å². The van der Waals surface area contributed by atoms with E-state index < -0.39 is 0 Å². The van der Waals surface area contributed by atoms with Gasteiger partial charge < -0.3 is 5.32 Å². The monoisotopic (exact) mass is 217 g/mol. The Balaban J connectivity index is 1.69. The molecule has 1 aromatic carbocycles. The molecule has 1 aliphatic rings. The van der Waals surface area contributed by atoms with E-state index in [1.807, 2.05) is 0 Å². The Morgan fingerprint density at radius 2 is 1.75 bits per heavy atom. The topological polar surface area (TPSA) is 12.0 Å². The average Bonchev–Trinajstić information content (AvgIpc) is 2.33. The molecular weight excluding hydrogens is 194 g/mol. The number of nitrogens with one attached hydrogen (secondary N) is 1. The fourth-order valence-electron chi connectivity index (χ4n) is 2.48. The predicted octanol–water partition coefficient (Wildman–Crippen LogP) is 3.46. The van der Waals surface area contributed by atoms with Gasteiger partial charge in [-0.05, 0) is 38.3 Å². The summed E-state index contributed by atoms with van der Waals surface area (Å²) in [5, 5.41) is 3.68. The highest BCUT2D eigenvalue weighted by molar-refractivity contribution is 5.21. The van der Waals surface area contributed by atoms with Crippen LogP contribution in [0.4, 0.5) is 0 Å². The molecule has 0 amide bonds. The molecule has 1 nitrogen and oxygen atoms in total. The van der Waals surface area contributed by atoms with Crippen molar-refractivity contribution in [3.05, 3.63) is 35.4 Å². The second-order valence-corrected chi connectivity index (χ2v) is 5.02. The van der Waals surface area contributed by atoms with E-state index in [0.717, 1.165) is 19.0 Å². The standard InChI is InChI=1S/C15H23N/c1-13-7-9-14(10-8-13)11-12-16-15-5-3-2-4-6-15/h7-10,15-16H,2-6,11-12H2,1H3. The Morgan fingerprint density at radius 3 is 2.44 bits per heavy atom. The van der Waals surface area contributed by atoms with Crippen molar-refractivity contribution in [1.82, 2.24) is 5.32 Å². The van der Waals surface area contributed by atoms with Gasteiger partial charge in [0.25, 0.3) is 0 Å². The normalized spacial score (nSPS) is 17.6. The Bertz CT molecular complexity index is 296. The Morgan fingerprint density at radius 1 is 1.06 bits per heavy atom. The summed E-state index contributed by atoms with van der Waals surface area (Å²) in [6.07, 6.45) is 8.21. The molecule has 1 saturated carbocycles. The number of aryl methyl sites for hydroxylation is 1. The molecule has 0 radical (unpaired) electrons. The van der Waals surface area contributed by atoms with Crippen LogP contribution in [0.1, 0.15) is 43.2 Å². The minimum Gasteiger partial charge on any atom is -0.314 e. The first-order valence-corrected chi connectivity index (χ1v) is 6.63. The molecule has 0 aliphatic heterocycles. The molecular formula is C15H23N. The van der Waals surface area contributed by atoms with Crippen LogP contribution >= 0.6 is 0 Å². The van der Waals surface area contributed by atoms with Crippen LogP contribution in [0.3, 0.4) is 0 Å². The van der Waals surface area contributed by atoms with Gasteiger partial charge in [0.15, 0.2) is 0 Å². The zero-order chi connectivity index (χ0) is 11.2. The molecule has 1 aromatic rings. The lowest BCUT2D eigenvalue weighted by atomic mass is 9.95. The summed E-state index contributed by atoms with van der Waals surface area (Å²) in [5.41, 5.74) is 2.80. The van der Waals surface area contributed by atoms with E-state index in [1.54, 1.807) is 0 Å². The summed E-state index contributed by atoms with van der Waals surface area (Å²) < 4.78 is 0. The molecule has 16 heavy (non-hydrogen) atoms. The lowest BCUT2D eigenvalue weighted by Gasteiger charge is -2.22. The molecule has 1 fully saturated rings. The molecule has 0 heterocycles. The molecule has 0 spiro atoms. The van der Waals surface area contributed by atoms with Gasteiger partial charge in [0.2, 0.25) is 0 Å². The summed E-state index contributed by atoms with van der Waals surface area (Å²) in [4.78, 5) is 0. The minimum absolute atomic E-state index is 0.791. The zero-order valence-corrected chi connectivity index (χ0v) is 10.3. The van der Waals surface area contributed by atoms with Crippen LogP contribution in [0.5, 0.6) is 0 Å². The molecule has 1 aliphatic carbocycles. The molecule has 2 rings (SSSR count). The van der Waals surface area contributed by atoms with Gasteiger partial charge in [-0.1, -0.05) is 49.1 Å². The van der Waals surface area contributed by atoms with E-state index in [1.165, 1.54) is 43.2 Å². The van der Waals surface area contributed by atoms with Gasteiger partial charge in [-0.15, -0.1) is 0 Å². The molecule has 88 valence electrons. The van der Waals surface area contributed by atoms with Crippen LogP contribution in [-0.2, 0) is 6.42 Å². The van der Waals surface area contributed by atoms with Crippen LogP contribution in [-0.4, -0.2) is 12.6 Å². The minimum atomic E-state index is 0.791. The SMILES string of the molecule is Cc1ccc(CCNC2CCCCC2)cc1. The lowest BCUT2D eigenvalue weighted by molar-refractivity contribution is 0.375. The molecule has 1 N–H and O–H groups in total. The Kier molecular flexibility index (Phi) is 4.41. The highest BCUT2D eigenvalue weighted by Crippen LogP contribution is 2.17. The number of benzene rings is 1. The maximum Gasteiger partial charge on any atom is 0.00671 e. The third-order valence-electron chi connectivity index (χ3n) is 3.57. The van der Waals surface area contributed by atoms with E-state index in [2.05, 4.69) is 36.5 Å². The molecule has 0 unspecified atom stereocenters. The third-order valence-corrected chi connectivity index (χ3v) is 3.57. The molecule has 1 heteroatoms. The Labute approximate surface area is 99.3 Å². The first-order valence-electron chi connectivity index (χ1n) is 6.63. The van der Waals surface area contributed by atoms with E-state index in [-0.39, 0.29) is 0 Å². The molecule has 0 atom stereocenters. The summed E-state index contributed by atoms with van der Waals surface area (Å²) in [6.45, 7) is 3.28. The maximum absolute atomic E-state index is 3.68.